The Morgan fingerprint density at radius 3 is 2.70 bits per heavy atom. The SMILES string of the molecule is CCCC(O)[C@@H](N)CNC(=O)c1cc2cccc(-c3ccc(F)cc3)c2[nH]1. The van der Waals surface area contributed by atoms with Crippen molar-refractivity contribution in [3.05, 3.63) is 60.0 Å². The molecule has 0 bridgehead atoms. The van der Waals surface area contributed by atoms with Gasteiger partial charge >= 0.3 is 0 Å². The summed E-state index contributed by atoms with van der Waals surface area (Å²) in [5.41, 5.74) is 8.89. The maximum atomic E-state index is 13.2. The van der Waals surface area contributed by atoms with Gasteiger partial charge in [0.15, 0.2) is 0 Å². The number of hydrogen-bond acceptors (Lipinski definition) is 3. The smallest absolute Gasteiger partial charge is 0.267 e. The molecule has 6 heteroatoms. The third-order valence-corrected chi connectivity index (χ3v) is 4.63. The molecule has 0 saturated carbocycles. The van der Waals surface area contributed by atoms with Crippen molar-refractivity contribution in [2.24, 2.45) is 5.73 Å². The van der Waals surface area contributed by atoms with Crippen LogP contribution >= 0.6 is 0 Å². The lowest BCUT2D eigenvalue weighted by molar-refractivity contribution is 0.0922. The topological polar surface area (TPSA) is 91.1 Å². The molecule has 1 unspecified atom stereocenters. The van der Waals surface area contributed by atoms with Crippen molar-refractivity contribution in [2.75, 3.05) is 6.54 Å². The summed E-state index contributed by atoms with van der Waals surface area (Å²) in [5, 5.41) is 13.5. The van der Waals surface area contributed by atoms with Gasteiger partial charge in [-0.25, -0.2) is 4.39 Å². The van der Waals surface area contributed by atoms with E-state index in [0.717, 1.165) is 28.5 Å². The van der Waals surface area contributed by atoms with E-state index in [1.807, 2.05) is 25.1 Å². The van der Waals surface area contributed by atoms with Crippen LogP contribution < -0.4 is 11.1 Å². The van der Waals surface area contributed by atoms with E-state index < -0.39 is 12.1 Å². The van der Waals surface area contributed by atoms with E-state index in [2.05, 4.69) is 10.3 Å². The van der Waals surface area contributed by atoms with E-state index >= 15 is 0 Å². The maximum Gasteiger partial charge on any atom is 0.267 e. The van der Waals surface area contributed by atoms with Gasteiger partial charge in [0.05, 0.1) is 11.6 Å². The lowest BCUT2D eigenvalue weighted by Gasteiger charge is -2.18. The highest BCUT2D eigenvalue weighted by molar-refractivity contribution is 6.02. The van der Waals surface area contributed by atoms with Gasteiger partial charge in [0.1, 0.15) is 11.5 Å². The second kappa shape index (κ2) is 8.33. The highest BCUT2D eigenvalue weighted by Gasteiger charge is 2.17. The highest BCUT2D eigenvalue weighted by Crippen LogP contribution is 2.28. The fraction of sp³-hybridized carbons (Fsp3) is 0.286. The van der Waals surface area contributed by atoms with Gasteiger partial charge in [-0.2, -0.15) is 0 Å². The van der Waals surface area contributed by atoms with Gasteiger partial charge in [0.2, 0.25) is 0 Å². The number of para-hydroxylation sites is 1. The first kappa shape index (κ1) is 19.1. The van der Waals surface area contributed by atoms with Crippen molar-refractivity contribution in [3.63, 3.8) is 0 Å². The minimum atomic E-state index is -0.636. The minimum absolute atomic E-state index is 0.195. The van der Waals surface area contributed by atoms with E-state index in [1.165, 1.54) is 12.1 Å². The summed E-state index contributed by atoms with van der Waals surface area (Å²) in [6.45, 7) is 2.16. The standard InChI is InChI=1S/C21H24FN3O2/c1-2-4-19(26)17(23)12-24-21(27)18-11-14-5-3-6-16(20(14)25-18)13-7-9-15(22)10-8-13/h3,5-11,17,19,25-26H,2,4,12,23H2,1H3,(H,24,27)/t17-,19?/m0/s1. The Hall–Kier alpha value is -2.70. The average Bonchev–Trinajstić information content (AvgIpc) is 3.11. The fourth-order valence-electron chi connectivity index (χ4n) is 3.10. The van der Waals surface area contributed by atoms with Gasteiger partial charge in [-0.3, -0.25) is 4.79 Å². The van der Waals surface area contributed by atoms with Crippen LogP contribution in [0.15, 0.2) is 48.5 Å². The largest absolute Gasteiger partial charge is 0.391 e. The molecule has 0 saturated heterocycles. The monoisotopic (exact) mass is 369 g/mol. The van der Waals surface area contributed by atoms with Gasteiger partial charge in [-0.1, -0.05) is 43.7 Å². The molecule has 5 N–H and O–H groups in total. The van der Waals surface area contributed by atoms with Crippen molar-refractivity contribution in [3.8, 4) is 11.1 Å². The minimum Gasteiger partial charge on any atom is -0.391 e. The van der Waals surface area contributed by atoms with Gasteiger partial charge < -0.3 is 21.1 Å². The van der Waals surface area contributed by atoms with Crippen molar-refractivity contribution in [1.29, 1.82) is 0 Å². The van der Waals surface area contributed by atoms with Gasteiger partial charge in [-0.05, 0) is 30.2 Å². The second-order valence-corrected chi connectivity index (χ2v) is 6.69. The second-order valence-electron chi connectivity index (χ2n) is 6.69. The van der Waals surface area contributed by atoms with Crippen LogP contribution in [0.1, 0.15) is 30.3 Å². The van der Waals surface area contributed by atoms with Crippen molar-refractivity contribution in [2.45, 2.75) is 31.9 Å². The summed E-state index contributed by atoms with van der Waals surface area (Å²) < 4.78 is 13.2. The van der Waals surface area contributed by atoms with Crippen molar-refractivity contribution < 1.29 is 14.3 Å². The molecule has 0 fully saturated rings. The molecule has 0 aliphatic rings. The van der Waals surface area contributed by atoms with Gasteiger partial charge in [0.25, 0.3) is 5.91 Å². The summed E-state index contributed by atoms with van der Waals surface area (Å²) >= 11 is 0. The van der Waals surface area contributed by atoms with E-state index in [0.29, 0.717) is 12.1 Å². The predicted octanol–water partition coefficient (Wildman–Crippen LogP) is 3.19. The Morgan fingerprint density at radius 2 is 2.00 bits per heavy atom. The molecular weight excluding hydrogens is 345 g/mol. The van der Waals surface area contributed by atoms with E-state index in [1.54, 1.807) is 18.2 Å². The van der Waals surface area contributed by atoms with Crippen LogP contribution in [-0.2, 0) is 0 Å². The number of rotatable bonds is 7. The number of fused-ring (bicyclic) bond motifs is 1. The van der Waals surface area contributed by atoms with Crippen LogP contribution in [-0.4, -0.2) is 34.7 Å². The molecule has 0 aliphatic heterocycles. The Kier molecular flexibility index (Phi) is 5.88. The van der Waals surface area contributed by atoms with Crippen LogP contribution in [0.2, 0.25) is 0 Å². The Bertz CT molecular complexity index is 921. The fourth-order valence-corrected chi connectivity index (χ4v) is 3.10. The number of amides is 1. The average molecular weight is 369 g/mol. The maximum absolute atomic E-state index is 13.2. The number of aromatic nitrogens is 1. The molecule has 2 aromatic carbocycles. The zero-order chi connectivity index (χ0) is 19.4. The number of benzene rings is 2. The molecule has 3 aromatic rings. The molecule has 0 radical (unpaired) electrons. The van der Waals surface area contributed by atoms with Crippen molar-refractivity contribution in [1.82, 2.24) is 10.3 Å². The summed E-state index contributed by atoms with van der Waals surface area (Å²) in [7, 11) is 0. The number of hydrogen-bond donors (Lipinski definition) is 4. The normalized spacial score (nSPS) is 13.5. The first-order valence-corrected chi connectivity index (χ1v) is 9.09. The van der Waals surface area contributed by atoms with Gasteiger partial charge in [0, 0.05) is 23.5 Å². The number of H-pyrrole nitrogens is 1. The Balaban J connectivity index is 1.79. The van der Waals surface area contributed by atoms with Crippen LogP contribution in [0.25, 0.3) is 22.0 Å². The molecule has 27 heavy (non-hydrogen) atoms. The number of carbonyl (C=O) groups excluding carboxylic acids is 1. The summed E-state index contributed by atoms with van der Waals surface area (Å²) in [6.07, 6.45) is 0.796. The first-order chi connectivity index (χ1) is 13.0. The summed E-state index contributed by atoms with van der Waals surface area (Å²) in [6, 6.07) is 13.2. The third-order valence-electron chi connectivity index (χ3n) is 4.63. The lowest BCUT2D eigenvalue weighted by Crippen LogP contribution is -2.44. The lowest BCUT2D eigenvalue weighted by atomic mass is 10.0. The van der Waals surface area contributed by atoms with Crippen LogP contribution in [0.3, 0.4) is 0 Å². The zero-order valence-corrected chi connectivity index (χ0v) is 15.2. The number of nitrogens with two attached hydrogens (primary N) is 1. The third kappa shape index (κ3) is 4.35. The molecule has 3 rings (SSSR count). The Morgan fingerprint density at radius 1 is 1.26 bits per heavy atom. The highest BCUT2D eigenvalue weighted by atomic mass is 19.1. The Labute approximate surface area is 157 Å². The van der Waals surface area contributed by atoms with Crippen molar-refractivity contribution >= 4 is 16.8 Å². The molecule has 1 heterocycles. The summed E-state index contributed by atoms with van der Waals surface area (Å²) in [4.78, 5) is 15.6. The predicted molar refractivity (Wildman–Crippen MR) is 105 cm³/mol. The quantitative estimate of drug-likeness (QED) is 0.515. The number of halogens is 1. The number of aromatic amines is 1. The molecule has 0 spiro atoms. The molecule has 1 amide bonds. The number of nitrogens with one attached hydrogen (secondary N) is 2. The molecule has 5 nitrogen and oxygen atoms in total. The van der Waals surface area contributed by atoms with Crippen LogP contribution in [0.4, 0.5) is 4.39 Å². The first-order valence-electron chi connectivity index (χ1n) is 9.09. The summed E-state index contributed by atoms with van der Waals surface area (Å²) in [5.74, 6) is -0.575. The van der Waals surface area contributed by atoms with Crippen LogP contribution in [0, 0.1) is 5.82 Å². The molecule has 142 valence electrons. The molecule has 1 aromatic heterocycles. The molecule has 2 atom stereocenters. The van der Waals surface area contributed by atoms with E-state index in [9.17, 15) is 14.3 Å². The molecular formula is C21H24FN3O2. The van der Waals surface area contributed by atoms with Gasteiger partial charge in [-0.15, -0.1) is 0 Å². The number of aliphatic hydroxyl groups excluding tert-OH is 1. The molecule has 0 aliphatic carbocycles. The zero-order valence-electron chi connectivity index (χ0n) is 15.2. The van der Waals surface area contributed by atoms with Crippen LogP contribution in [0.5, 0.6) is 0 Å². The van der Waals surface area contributed by atoms with E-state index in [4.69, 9.17) is 5.73 Å². The number of carbonyl (C=O) groups is 1. The van der Waals surface area contributed by atoms with E-state index in [-0.39, 0.29) is 18.3 Å². The number of aliphatic hydroxyl groups is 1.